The molecule has 96 valence electrons. The molecule has 18 heavy (non-hydrogen) atoms. The zero-order valence-electron chi connectivity index (χ0n) is 9.41. The number of thiazole rings is 1. The Labute approximate surface area is 126 Å². The standard InChI is InChI=1S/C11H9BrClNO2S2/c1-2-7-6(12)3-8(18-7)11(15)16-4-9-10(13)14-5-17-9/h3,5H,2,4H2,1H3. The van der Waals surface area contributed by atoms with Gasteiger partial charge in [0.2, 0.25) is 0 Å². The SMILES string of the molecule is CCc1sc(C(=O)OCc2scnc2Cl)cc1Br. The molecule has 2 rings (SSSR count). The summed E-state index contributed by atoms with van der Waals surface area (Å²) >= 11 is 12.1. The molecule has 0 spiro atoms. The van der Waals surface area contributed by atoms with Crippen molar-refractivity contribution in [3.63, 3.8) is 0 Å². The zero-order valence-corrected chi connectivity index (χ0v) is 13.4. The lowest BCUT2D eigenvalue weighted by molar-refractivity contribution is 0.0482. The van der Waals surface area contributed by atoms with E-state index in [1.807, 2.05) is 6.92 Å². The van der Waals surface area contributed by atoms with E-state index < -0.39 is 0 Å². The molecule has 2 aromatic rings. The van der Waals surface area contributed by atoms with Crippen LogP contribution in [0.2, 0.25) is 5.15 Å². The maximum Gasteiger partial charge on any atom is 0.348 e. The third-order valence-corrected chi connectivity index (χ3v) is 5.68. The molecule has 2 heterocycles. The highest BCUT2D eigenvalue weighted by Gasteiger charge is 2.15. The monoisotopic (exact) mass is 365 g/mol. The lowest BCUT2D eigenvalue weighted by atomic mass is 10.4. The summed E-state index contributed by atoms with van der Waals surface area (Å²) < 4.78 is 6.16. The van der Waals surface area contributed by atoms with Gasteiger partial charge in [0.1, 0.15) is 16.6 Å². The predicted octanol–water partition coefficient (Wildman–Crippen LogP) is 4.54. The highest BCUT2D eigenvalue weighted by atomic mass is 79.9. The quantitative estimate of drug-likeness (QED) is 0.746. The molecule has 0 radical (unpaired) electrons. The normalized spacial score (nSPS) is 10.6. The van der Waals surface area contributed by atoms with Gasteiger partial charge in [-0.2, -0.15) is 0 Å². The van der Waals surface area contributed by atoms with Crippen molar-refractivity contribution in [1.82, 2.24) is 4.98 Å². The van der Waals surface area contributed by atoms with Crippen molar-refractivity contribution in [3.05, 3.63) is 35.8 Å². The van der Waals surface area contributed by atoms with Gasteiger partial charge < -0.3 is 4.74 Å². The Balaban J connectivity index is 2.01. The Morgan fingerprint density at radius 3 is 2.89 bits per heavy atom. The van der Waals surface area contributed by atoms with Crippen LogP contribution in [0.4, 0.5) is 0 Å². The van der Waals surface area contributed by atoms with Crippen LogP contribution in [0.1, 0.15) is 26.3 Å². The van der Waals surface area contributed by atoms with E-state index in [4.69, 9.17) is 16.3 Å². The molecule has 2 aromatic heterocycles. The second-order valence-electron chi connectivity index (χ2n) is 3.38. The average Bonchev–Trinajstić information content (AvgIpc) is 2.92. The molecule has 7 heteroatoms. The van der Waals surface area contributed by atoms with Gasteiger partial charge in [0.05, 0.1) is 10.4 Å². The summed E-state index contributed by atoms with van der Waals surface area (Å²) in [4.78, 5) is 18.2. The van der Waals surface area contributed by atoms with Crippen LogP contribution in [0, 0.1) is 0 Å². The maximum absolute atomic E-state index is 11.8. The molecule has 0 aliphatic carbocycles. The summed E-state index contributed by atoms with van der Waals surface area (Å²) in [6.45, 7) is 2.21. The number of aryl methyl sites for hydroxylation is 1. The second-order valence-corrected chi connectivity index (χ2v) is 6.67. The van der Waals surface area contributed by atoms with Crippen LogP contribution in [0.15, 0.2) is 16.0 Å². The average molecular weight is 367 g/mol. The van der Waals surface area contributed by atoms with E-state index in [0.717, 1.165) is 20.6 Å². The minimum atomic E-state index is -0.329. The molecular formula is C11H9BrClNO2S2. The number of hydrogen-bond acceptors (Lipinski definition) is 5. The maximum atomic E-state index is 11.8. The number of thiophene rings is 1. The number of carbonyl (C=O) groups is 1. The molecule has 0 aromatic carbocycles. The number of rotatable bonds is 4. The van der Waals surface area contributed by atoms with E-state index >= 15 is 0 Å². The molecule has 0 amide bonds. The van der Waals surface area contributed by atoms with Crippen molar-refractivity contribution in [2.24, 2.45) is 0 Å². The summed E-state index contributed by atoms with van der Waals surface area (Å²) in [6.07, 6.45) is 0.888. The molecule has 0 unspecified atom stereocenters. The van der Waals surface area contributed by atoms with Gasteiger partial charge in [-0.15, -0.1) is 22.7 Å². The van der Waals surface area contributed by atoms with Crippen molar-refractivity contribution in [2.75, 3.05) is 0 Å². The zero-order chi connectivity index (χ0) is 13.1. The first-order chi connectivity index (χ1) is 8.61. The molecule has 0 saturated heterocycles. The summed E-state index contributed by atoms with van der Waals surface area (Å²) in [5.74, 6) is -0.329. The van der Waals surface area contributed by atoms with Crippen LogP contribution in [0.25, 0.3) is 0 Å². The topological polar surface area (TPSA) is 39.2 Å². The summed E-state index contributed by atoms with van der Waals surface area (Å²) in [6, 6.07) is 1.79. The largest absolute Gasteiger partial charge is 0.456 e. The molecule has 3 nitrogen and oxygen atoms in total. The van der Waals surface area contributed by atoms with Crippen molar-refractivity contribution in [3.8, 4) is 0 Å². The van der Waals surface area contributed by atoms with Gasteiger partial charge in [0.15, 0.2) is 0 Å². The smallest absolute Gasteiger partial charge is 0.348 e. The van der Waals surface area contributed by atoms with E-state index in [2.05, 4.69) is 20.9 Å². The molecule has 0 N–H and O–H groups in total. The first-order valence-corrected chi connectivity index (χ1v) is 8.01. The van der Waals surface area contributed by atoms with E-state index in [1.54, 1.807) is 11.6 Å². The van der Waals surface area contributed by atoms with Gasteiger partial charge in [0.25, 0.3) is 0 Å². The van der Waals surface area contributed by atoms with Crippen LogP contribution in [0.3, 0.4) is 0 Å². The first kappa shape index (κ1) is 14.0. The second kappa shape index (κ2) is 6.14. The van der Waals surface area contributed by atoms with Gasteiger partial charge in [-0.05, 0) is 28.4 Å². The Hall–Kier alpha value is -0.430. The molecule has 0 bridgehead atoms. The third kappa shape index (κ3) is 3.12. The highest BCUT2D eigenvalue weighted by molar-refractivity contribution is 9.10. The van der Waals surface area contributed by atoms with E-state index in [0.29, 0.717) is 10.0 Å². The number of nitrogens with zero attached hydrogens (tertiary/aromatic N) is 1. The van der Waals surface area contributed by atoms with Crippen molar-refractivity contribution in [1.29, 1.82) is 0 Å². The van der Waals surface area contributed by atoms with Crippen LogP contribution < -0.4 is 0 Å². The predicted molar refractivity (Wildman–Crippen MR) is 77.6 cm³/mol. The first-order valence-electron chi connectivity index (χ1n) is 5.15. The Kier molecular flexibility index (Phi) is 4.77. The highest BCUT2D eigenvalue weighted by Crippen LogP contribution is 2.29. The molecule has 0 aliphatic heterocycles. The molecule has 0 fully saturated rings. The number of halogens is 2. The van der Waals surface area contributed by atoms with Crippen LogP contribution >= 0.6 is 50.2 Å². The minimum Gasteiger partial charge on any atom is -0.456 e. The fourth-order valence-electron chi connectivity index (χ4n) is 1.30. The van der Waals surface area contributed by atoms with E-state index in [1.165, 1.54) is 22.7 Å². The fraction of sp³-hybridized carbons (Fsp3) is 0.273. The van der Waals surface area contributed by atoms with Crippen molar-refractivity contribution in [2.45, 2.75) is 20.0 Å². The Morgan fingerprint density at radius 1 is 1.56 bits per heavy atom. The number of aromatic nitrogens is 1. The minimum absolute atomic E-state index is 0.166. The van der Waals surface area contributed by atoms with E-state index in [-0.39, 0.29) is 12.6 Å². The number of carbonyl (C=O) groups excluding carboxylic acids is 1. The fourth-order valence-corrected chi connectivity index (χ4v) is 3.95. The third-order valence-electron chi connectivity index (χ3n) is 2.21. The molecular weight excluding hydrogens is 358 g/mol. The van der Waals surface area contributed by atoms with Gasteiger partial charge in [0, 0.05) is 9.35 Å². The number of esters is 1. The lowest BCUT2D eigenvalue weighted by Gasteiger charge is -2.00. The van der Waals surface area contributed by atoms with Gasteiger partial charge in [-0.1, -0.05) is 18.5 Å². The number of hydrogen-bond donors (Lipinski definition) is 0. The molecule has 0 saturated carbocycles. The van der Waals surface area contributed by atoms with Gasteiger partial charge >= 0.3 is 5.97 Å². The summed E-state index contributed by atoms with van der Waals surface area (Å²) in [5.41, 5.74) is 1.63. The van der Waals surface area contributed by atoms with Gasteiger partial charge in [-0.25, -0.2) is 9.78 Å². The van der Waals surface area contributed by atoms with E-state index in [9.17, 15) is 4.79 Å². The molecule has 0 atom stereocenters. The lowest BCUT2D eigenvalue weighted by Crippen LogP contribution is -2.02. The Morgan fingerprint density at radius 2 is 2.33 bits per heavy atom. The summed E-state index contributed by atoms with van der Waals surface area (Å²) in [5, 5.41) is 0.398. The van der Waals surface area contributed by atoms with Crippen LogP contribution in [-0.2, 0) is 17.8 Å². The van der Waals surface area contributed by atoms with Crippen LogP contribution in [0.5, 0.6) is 0 Å². The van der Waals surface area contributed by atoms with Crippen molar-refractivity contribution >= 4 is 56.2 Å². The Bertz CT molecular complexity index is 567. The molecule has 0 aliphatic rings. The van der Waals surface area contributed by atoms with Crippen molar-refractivity contribution < 1.29 is 9.53 Å². The van der Waals surface area contributed by atoms with Crippen LogP contribution in [-0.4, -0.2) is 11.0 Å². The number of ether oxygens (including phenoxy) is 1. The van der Waals surface area contributed by atoms with Gasteiger partial charge in [-0.3, -0.25) is 0 Å². The summed E-state index contributed by atoms with van der Waals surface area (Å²) in [7, 11) is 0.